The molecular formula is C22H29N2O10P. The predicted molar refractivity (Wildman–Crippen MR) is 121 cm³/mol. The monoisotopic (exact) mass is 512 g/mol. The average Bonchev–Trinajstić information content (AvgIpc) is 3.04. The Morgan fingerprint density at radius 1 is 1.37 bits per heavy atom. The maximum atomic E-state index is 13.4. The van der Waals surface area contributed by atoms with Gasteiger partial charge in [0.2, 0.25) is 6.10 Å². The normalized spacial score (nSPS) is 30.8. The first-order valence-corrected chi connectivity index (χ1v) is 12.8. The van der Waals surface area contributed by atoms with E-state index in [0.717, 1.165) is 6.92 Å². The van der Waals surface area contributed by atoms with Crippen LogP contribution in [0.4, 0.5) is 0 Å². The molecule has 0 radical (unpaired) electrons. The standard InChI is InChI=1S/C22H29N2O10P/c1-6-22(5)15-12-35(29,30-10-8-16(33-14(4)25)19(27)32-13(2)3)31-11-17(15)34-20(22)24-9-7-18(26)23-21(24)28/h1,7,9,13,15-17,20H,8,10-12H2,2-5H3,(H,23,26,28)/t15-,16-,17-,20-,22-,35?/m1/s1. The molecule has 1 N–H and O–H groups in total. The zero-order valence-electron chi connectivity index (χ0n) is 19.9. The van der Waals surface area contributed by atoms with E-state index in [1.807, 2.05) is 0 Å². The van der Waals surface area contributed by atoms with E-state index in [4.69, 9.17) is 29.7 Å². The molecule has 2 aliphatic rings. The predicted octanol–water partition coefficient (Wildman–Crippen LogP) is 1.20. The summed E-state index contributed by atoms with van der Waals surface area (Å²) in [5, 5.41) is 0. The van der Waals surface area contributed by atoms with Crippen LogP contribution in [0.1, 0.15) is 40.3 Å². The van der Waals surface area contributed by atoms with Gasteiger partial charge in [-0.05, 0) is 20.8 Å². The number of carbonyl (C=O) groups is 2. The number of aromatic nitrogens is 2. The second kappa shape index (κ2) is 10.5. The van der Waals surface area contributed by atoms with E-state index < -0.39 is 66.7 Å². The molecule has 2 saturated heterocycles. The van der Waals surface area contributed by atoms with Crippen LogP contribution in [0.15, 0.2) is 21.9 Å². The Balaban J connectivity index is 1.72. The van der Waals surface area contributed by atoms with Crippen LogP contribution in [0.2, 0.25) is 0 Å². The van der Waals surface area contributed by atoms with Crippen LogP contribution in [0, 0.1) is 23.7 Å². The van der Waals surface area contributed by atoms with Crippen LogP contribution in [-0.4, -0.2) is 59.2 Å². The van der Waals surface area contributed by atoms with Crippen molar-refractivity contribution in [2.75, 3.05) is 19.4 Å². The number of terminal acetylenes is 1. The third kappa shape index (κ3) is 5.93. The summed E-state index contributed by atoms with van der Waals surface area (Å²) < 4.78 is 41.7. The molecule has 13 heteroatoms. The fraction of sp³-hybridized carbons (Fsp3) is 0.636. The van der Waals surface area contributed by atoms with Crippen molar-refractivity contribution in [3.8, 4) is 12.3 Å². The number of nitrogens with zero attached hydrogens (tertiary/aromatic N) is 1. The van der Waals surface area contributed by atoms with Crippen LogP contribution in [0.3, 0.4) is 0 Å². The minimum absolute atomic E-state index is 0.0924. The molecule has 1 unspecified atom stereocenters. The van der Waals surface area contributed by atoms with Gasteiger partial charge in [-0.1, -0.05) is 5.92 Å². The fourth-order valence-electron chi connectivity index (χ4n) is 4.18. The smallest absolute Gasteiger partial charge is 0.347 e. The van der Waals surface area contributed by atoms with E-state index in [-0.39, 0.29) is 25.8 Å². The molecule has 2 aliphatic heterocycles. The zero-order chi connectivity index (χ0) is 26.0. The molecule has 0 spiro atoms. The number of carbonyl (C=O) groups excluding carboxylic acids is 2. The summed E-state index contributed by atoms with van der Waals surface area (Å²) in [6.07, 6.45) is 3.82. The molecular weight excluding hydrogens is 483 g/mol. The number of aromatic amines is 1. The number of hydrogen-bond donors (Lipinski definition) is 1. The second-order valence-corrected chi connectivity index (χ2v) is 11.0. The quantitative estimate of drug-likeness (QED) is 0.305. The lowest BCUT2D eigenvalue weighted by Crippen LogP contribution is -2.40. The summed E-state index contributed by atoms with van der Waals surface area (Å²) in [7, 11) is -3.68. The van der Waals surface area contributed by atoms with Gasteiger partial charge < -0.3 is 23.3 Å². The maximum Gasteiger partial charge on any atom is 0.347 e. The van der Waals surface area contributed by atoms with Gasteiger partial charge in [-0.15, -0.1) is 6.42 Å². The lowest BCUT2D eigenvalue weighted by molar-refractivity contribution is -0.170. The molecule has 1 aromatic rings. The van der Waals surface area contributed by atoms with Crippen LogP contribution in [0.25, 0.3) is 0 Å². The van der Waals surface area contributed by atoms with E-state index in [1.54, 1.807) is 20.8 Å². The minimum Gasteiger partial charge on any atom is -0.460 e. The lowest BCUT2D eigenvalue weighted by Gasteiger charge is -2.35. The first kappa shape index (κ1) is 26.9. The van der Waals surface area contributed by atoms with Gasteiger partial charge in [0, 0.05) is 31.5 Å². The summed E-state index contributed by atoms with van der Waals surface area (Å²) in [5.41, 5.74) is -2.32. The highest BCUT2D eigenvalue weighted by atomic mass is 31.2. The van der Waals surface area contributed by atoms with Crippen molar-refractivity contribution in [2.45, 2.75) is 58.7 Å². The molecule has 0 aliphatic carbocycles. The molecule has 0 bridgehead atoms. The molecule has 6 atom stereocenters. The van der Waals surface area contributed by atoms with E-state index in [0.29, 0.717) is 0 Å². The zero-order valence-corrected chi connectivity index (χ0v) is 20.8. The number of hydrogen-bond acceptors (Lipinski definition) is 10. The van der Waals surface area contributed by atoms with E-state index >= 15 is 0 Å². The van der Waals surface area contributed by atoms with Gasteiger partial charge in [0.1, 0.15) is 0 Å². The number of nitrogens with one attached hydrogen (secondary N) is 1. The topological polar surface area (TPSA) is 152 Å². The van der Waals surface area contributed by atoms with Crippen molar-refractivity contribution < 1.29 is 37.4 Å². The summed E-state index contributed by atoms with van der Waals surface area (Å²) in [6, 6.07) is 1.18. The summed E-state index contributed by atoms with van der Waals surface area (Å²) >= 11 is 0. The van der Waals surface area contributed by atoms with Crippen molar-refractivity contribution in [1.29, 1.82) is 0 Å². The van der Waals surface area contributed by atoms with Crippen LogP contribution in [0.5, 0.6) is 0 Å². The molecule has 35 heavy (non-hydrogen) atoms. The second-order valence-electron chi connectivity index (χ2n) is 8.87. The van der Waals surface area contributed by atoms with E-state index in [2.05, 4.69) is 10.9 Å². The molecule has 2 fully saturated rings. The van der Waals surface area contributed by atoms with Gasteiger partial charge >= 0.3 is 25.2 Å². The van der Waals surface area contributed by atoms with Gasteiger partial charge in [-0.25, -0.2) is 9.59 Å². The first-order valence-electron chi connectivity index (χ1n) is 11.1. The molecule has 1 aromatic heterocycles. The first-order chi connectivity index (χ1) is 16.4. The van der Waals surface area contributed by atoms with E-state index in [9.17, 15) is 23.7 Å². The Kier molecular flexibility index (Phi) is 8.07. The maximum absolute atomic E-state index is 13.4. The highest BCUT2D eigenvalue weighted by Crippen LogP contribution is 2.61. The van der Waals surface area contributed by atoms with Gasteiger partial charge in [0.15, 0.2) is 6.23 Å². The minimum atomic E-state index is -3.68. The number of rotatable bonds is 8. The number of esters is 2. The SMILES string of the molecule is C#C[C@]1(C)[C@@H]2CP(=O)(OCC[C@@H](OC(C)=O)C(=O)OC(C)C)OC[C@H]2O[C@H]1n1ccc(=O)[nH]c1=O. The van der Waals surface area contributed by atoms with Crippen LogP contribution >= 0.6 is 7.60 Å². The molecule has 192 valence electrons. The van der Waals surface area contributed by atoms with Gasteiger partial charge in [-0.3, -0.25) is 23.7 Å². The third-order valence-corrected chi connectivity index (χ3v) is 7.86. The Labute approximate surface area is 201 Å². The lowest BCUT2D eigenvalue weighted by atomic mass is 9.77. The molecule has 3 rings (SSSR count). The molecule has 0 saturated carbocycles. The summed E-state index contributed by atoms with van der Waals surface area (Å²) in [6.45, 7) is 5.86. The van der Waals surface area contributed by atoms with Gasteiger partial charge in [0.25, 0.3) is 5.56 Å². The van der Waals surface area contributed by atoms with Gasteiger partial charge in [0.05, 0.1) is 37.0 Å². The molecule has 0 amide bonds. The Morgan fingerprint density at radius 2 is 2.09 bits per heavy atom. The van der Waals surface area contributed by atoms with Crippen molar-refractivity contribution in [3.63, 3.8) is 0 Å². The highest BCUT2D eigenvalue weighted by Gasteiger charge is 2.58. The van der Waals surface area contributed by atoms with Crippen LogP contribution in [-0.2, 0) is 37.4 Å². The number of H-pyrrole nitrogens is 1. The molecule has 12 nitrogen and oxygen atoms in total. The molecule has 0 aromatic carbocycles. The van der Waals surface area contributed by atoms with Crippen LogP contribution < -0.4 is 11.2 Å². The van der Waals surface area contributed by atoms with Crippen molar-refractivity contribution in [3.05, 3.63) is 33.1 Å². The highest BCUT2D eigenvalue weighted by molar-refractivity contribution is 7.53. The van der Waals surface area contributed by atoms with Gasteiger partial charge in [-0.2, -0.15) is 0 Å². The largest absolute Gasteiger partial charge is 0.460 e. The Bertz CT molecular complexity index is 1170. The Morgan fingerprint density at radius 3 is 2.69 bits per heavy atom. The summed E-state index contributed by atoms with van der Waals surface area (Å²) in [5.74, 6) is 0.768. The van der Waals surface area contributed by atoms with Crippen molar-refractivity contribution in [1.82, 2.24) is 9.55 Å². The van der Waals surface area contributed by atoms with Crippen molar-refractivity contribution >= 4 is 19.5 Å². The van der Waals surface area contributed by atoms with Crippen molar-refractivity contribution in [2.24, 2.45) is 11.3 Å². The third-order valence-electron chi connectivity index (χ3n) is 5.90. The molecule has 3 heterocycles. The average molecular weight is 512 g/mol. The number of ether oxygens (including phenoxy) is 3. The summed E-state index contributed by atoms with van der Waals surface area (Å²) in [4.78, 5) is 49.5. The Hall–Kier alpha value is -2.71. The number of fused-ring (bicyclic) bond motifs is 1. The fourth-order valence-corrected chi connectivity index (χ4v) is 6.32. The van der Waals surface area contributed by atoms with E-state index in [1.165, 1.54) is 16.8 Å².